The molecule has 0 bridgehead atoms. The fourth-order valence-corrected chi connectivity index (χ4v) is 2.55. The van der Waals surface area contributed by atoms with Gasteiger partial charge in [-0.15, -0.1) is 0 Å². The molecule has 1 aromatic heterocycles. The first-order valence-electron chi connectivity index (χ1n) is 7.60. The first kappa shape index (κ1) is 13.9. The Hall–Kier alpha value is -2.06. The topological polar surface area (TPSA) is 25.2 Å². The zero-order valence-corrected chi connectivity index (χ0v) is 12.6. The largest absolute Gasteiger partial charge is 0.459 e. The second-order valence-electron chi connectivity index (χ2n) is 5.44. The van der Waals surface area contributed by atoms with E-state index in [2.05, 4.69) is 67.7 Å². The summed E-state index contributed by atoms with van der Waals surface area (Å²) >= 11 is 0. The van der Waals surface area contributed by atoms with Crippen LogP contribution in [0.4, 0.5) is 0 Å². The molecule has 1 heterocycles. The highest BCUT2D eigenvalue weighted by Crippen LogP contribution is 2.28. The minimum atomic E-state index is 0.248. The molecule has 0 saturated heterocycles. The maximum absolute atomic E-state index is 5.96. The SMILES string of the molecule is CCCNC(C)c1cc2cc(-c3ccccc3)ccc2o1. The van der Waals surface area contributed by atoms with E-state index < -0.39 is 0 Å². The van der Waals surface area contributed by atoms with Crippen LogP contribution in [0, 0.1) is 0 Å². The highest BCUT2D eigenvalue weighted by molar-refractivity contribution is 5.84. The van der Waals surface area contributed by atoms with Crippen LogP contribution >= 0.6 is 0 Å². The molecule has 0 radical (unpaired) electrons. The van der Waals surface area contributed by atoms with Gasteiger partial charge in [0.1, 0.15) is 11.3 Å². The quantitative estimate of drug-likeness (QED) is 0.697. The van der Waals surface area contributed by atoms with Crippen LogP contribution in [0.1, 0.15) is 32.1 Å². The average Bonchev–Trinajstić information content (AvgIpc) is 2.96. The first-order chi connectivity index (χ1) is 10.3. The summed E-state index contributed by atoms with van der Waals surface area (Å²) in [6.45, 7) is 5.32. The summed E-state index contributed by atoms with van der Waals surface area (Å²) in [6, 6.07) is 19.2. The molecule has 0 aliphatic rings. The Morgan fingerprint density at radius 2 is 1.81 bits per heavy atom. The molecule has 0 aliphatic carbocycles. The molecule has 2 heteroatoms. The molecule has 0 saturated carbocycles. The summed E-state index contributed by atoms with van der Waals surface area (Å²) in [5.41, 5.74) is 3.42. The van der Waals surface area contributed by atoms with Gasteiger partial charge >= 0.3 is 0 Å². The Labute approximate surface area is 125 Å². The summed E-state index contributed by atoms with van der Waals surface area (Å²) in [7, 11) is 0. The number of fused-ring (bicyclic) bond motifs is 1. The van der Waals surface area contributed by atoms with Crippen molar-refractivity contribution in [2.45, 2.75) is 26.3 Å². The Balaban J connectivity index is 1.92. The predicted octanol–water partition coefficient (Wildman–Crippen LogP) is 5.16. The lowest BCUT2D eigenvalue weighted by atomic mass is 10.0. The van der Waals surface area contributed by atoms with Crippen LogP contribution in [0.25, 0.3) is 22.1 Å². The Morgan fingerprint density at radius 1 is 1.00 bits per heavy atom. The molecule has 2 aromatic carbocycles. The summed E-state index contributed by atoms with van der Waals surface area (Å²) < 4.78 is 5.96. The molecule has 21 heavy (non-hydrogen) atoms. The summed E-state index contributed by atoms with van der Waals surface area (Å²) in [4.78, 5) is 0. The molecule has 3 aromatic rings. The fraction of sp³-hybridized carbons (Fsp3) is 0.263. The number of nitrogens with one attached hydrogen (secondary N) is 1. The third-order valence-corrected chi connectivity index (χ3v) is 3.77. The van der Waals surface area contributed by atoms with Crippen molar-refractivity contribution in [1.29, 1.82) is 0 Å². The van der Waals surface area contributed by atoms with Gasteiger partial charge < -0.3 is 9.73 Å². The van der Waals surface area contributed by atoms with Crippen molar-refractivity contribution in [3.05, 3.63) is 60.4 Å². The summed E-state index contributed by atoms with van der Waals surface area (Å²) in [5.74, 6) is 1.00. The maximum Gasteiger partial charge on any atom is 0.134 e. The van der Waals surface area contributed by atoms with Gasteiger partial charge in [-0.25, -0.2) is 0 Å². The third-order valence-electron chi connectivity index (χ3n) is 3.77. The molecule has 0 spiro atoms. The molecule has 0 aliphatic heterocycles. The zero-order valence-electron chi connectivity index (χ0n) is 12.6. The number of benzene rings is 2. The van der Waals surface area contributed by atoms with E-state index in [9.17, 15) is 0 Å². The van der Waals surface area contributed by atoms with Crippen LogP contribution in [-0.4, -0.2) is 6.54 Å². The van der Waals surface area contributed by atoms with Crippen molar-refractivity contribution in [3.8, 4) is 11.1 Å². The molecule has 1 atom stereocenters. The van der Waals surface area contributed by atoms with Crippen molar-refractivity contribution in [1.82, 2.24) is 5.32 Å². The molecule has 0 amide bonds. The normalized spacial score (nSPS) is 12.7. The number of furan rings is 1. The standard InChI is InChI=1S/C19H21NO/c1-3-11-20-14(2)19-13-17-12-16(9-10-18(17)21-19)15-7-5-4-6-8-15/h4-10,12-14,20H,3,11H2,1-2H3. The van der Waals surface area contributed by atoms with Gasteiger partial charge in [0.05, 0.1) is 6.04 Å². The van der Waals surface area contributed by atoms with Crippen LogP contribution in [-0.2, 0) is 0 Å². The molecular weight excluding hydrogens is 258 g/mol. The van der Waals surface area contributed by atoms with Crippen LogP contribution in [0.3, 0.4) is 0 Å². The van der Waals surface area contributed by atoms with E-state index in [0.29, 0.717) is 0 Å². The van der Waals surface area contributed by atoms with E-state index in [-0.39, 0.29) is 6.04 Å². The average molecular weight is 279 g/mol. The monoisotopic (exact) mass is 279 g/mol. The van der Waals surface area contributed by atoms with E-state index in [1.54, 1.807) is 0 Å². The second kappa shape index (κ2) is 6.15. The van der Waals surface area contributed by atoms with Crippen LogP contribution in [0.2, 0.25) is 0 Å². The van der Waals surface area contributed by atoms with Gasteiger partial charge in [-0.05, 0) is 49.2 Å². The van der Waals surface area contributed by atoms with Gasteiger partial charge in [0, 0.05) is 5.39 Å². The smallest absolute Gasteiger partial charge is 0.134 e. The molecule has 1 N–H and O–H groups in total. The molecule has 0 fully saturated rings. The van der Waals surface area contributed by atoms with E-state index in [0.717, 1.165) is 29.7 Å². The molecule has 1 unspecified atom stereocenters. The van der Waals surface area contributed by atoms with Crippen LogP contribution in [0.15, 0.2) is 59.0 Å². The van der Waals surface area contributed by atoms with Gasteiger partial charge in [0.15, 0.2) is 0 Å². The van der Waals surface area contributed by atoms with Gasteiger partial charge in [0.2, 0.25) is 0 Å². The lowest BCUT2D eigenvalue weighted by Gasteiger charge is -2.09. The van der Waals surface area contributed by atoms with Gasteiger partial charge in [-0.3, -0.25) is 0 Å². The molecule has 3 rings (SSSR count). The minimum absolute atomic E-state index is 0.248. The second-order valence-corrected chi connectivity index (χ2v) is 5.44. The highest BCUT2D eigenvalue weighted by Gasteiger charge is 2.11. The van der Waals surface area contributed by atoms with Crippen molar-refractivity contribution in [2.75, 3.05) is 6.54 Å². The van der Waals surface area contributed by atoms with Crippen molar-refractivity contribution in [3.63, 3.8) is 0 Å². The first-order valence-corrected chi connectivity index (χ1v) is 7.60. The van der Waals surface area contributed by atoms with E-state index in [1.165, 1.54) is 11.1 Å². The summed E-state index contributed by atoms with van der Waals surface area (Å²) in [6.07, 6.45) is 1.13. The van der Waals surface area contributed by atoms with Crippen molar-refractivity contribution < 1.29 is 4.42 Å². The number of hydrogen-bond donors (Lipinski definition) is 1. The Kier molecular flexibility index (Phi) is 4.07. The fourth-order valence-electron chi connectivity index (χ4n) is 2.55. The maximum atomic E-state index is 5.96. The highest BCUT2D eigenvalue weighted by atomic mass is 16.3. The van der Waals surface area contributed by atoms with Gasteiger partial charge in [0.25, 0.3) is 0 Å². The van der Waals surface area contributed by atoms with Crippen molar-refractivity contribution in [2.24, 2.45) is 0 Å². The van der Waals surface area contributed by atoms with Gasteiger partial charge in [-0.1, -0.05) is 43.3 Å². The Bertz CT molecular complexity index is 715. The zero-order chi connectivity index (χ0) is 14.7. The number of hydrogen-bond acceptors (Lipinski definition) is 2. The van der Waals surface area contributed by atoms with E-state index in [1.807, 2.05) is 6.07 Å². The van der Waals surface area contributed by atoms with E-state index >= 15 is 0 Å². The number of rotatable bonds is 5. The van der Waals surface area contributed by atoms with E-state index in [4.69, 9.17) is 4.42 Å². The Morgan fingerprint density at radius 3 is 2.57 bits per heavy atom. The summed E-state index contributed by atoms with van der Waals surface area (Å²) in [5, 5.41) is 4.63. The van der Waals surface area contributed by atoms with Crippen LogP contribution in [0.5, 0.6) is 0 Å². The van der Waals surface area contributed by atoms with Crippen LogP contribution < -0.4 is 5.32 Å². The van der Waals surface area contributed by atoms with Crippen molar-refractivity contribution >= 4 is 11.0 Å². The molecule has 108 valence electrons. The van der Waals surface area contributed by atoms with Gasteiger partial charge in [-0.2, -0.15) is 0 Å². The lowest BCUT2D eigenvalue weighted by Crippen LogP contribution is -2.18. The molecular formula is C19H21NO. The predicted molar refractivity (Wildman–Crippen MR) is 88.4 cm³/mol. The molecule has 2 nitrogen and oxygen atoms in total. The minimum Gasteiger partial charge on any atom is -0.459 e. The third kappa shape index (κ3) is 3.01. The lowest BCUT2D eigenvalue weighted by molar-refractivity contribution is 0.452.